The molecule has 0 saturated carbocycles. The Hall–Kier alpha value is -3.14. The third-order valence-electron chi connectivity index (χ3n) is 4.57. The maximum Gasteiger partial charge on any atom is 0.259 e. The maximum absolute atomic E-state index is 12.9. The first-order valence-electron chi connectivity index (χ1n) is 9.15. The number of benzene rings is 2. The zero-order chi connectivity index (χ0) is 19.2. The van der Waals surface area contributed by atoms with E-state index >= 15 is 0 Å². The van der Waals surface area contributed by atoms with E-state index in [0.717, 1.165) is 17.9 Å². The summed E-state index contributed by atoms with van der Waals surface area (Å²) in [7, 11) is 1.79. The fraction of sp³-hybridized carbons (Fsp3) is 0.217. The van der Waals surface area contributed by atoms with Crippen LogP contribution in [0.15, 0.2) is 79.1 Å². The van der Waals surface area contributed by atoms with Crippen molar-refractivity contribution in [3.63, 3.8) is 0 Å². The molecule has 0 saturated heterocycles. The van der Waals surface area contributed by atoms with Crippen molar-refractivity contribution in [3.8, 4) is 0 Å². The summed E-state index contributed by atoms with van der Waals surface area (Å²) in [4.78, 5) is 21.2. The van der Waals surface area contributed by atoms with E-state index in [1.165, 1.54) is 5.56 Å². The predicted octanol–water partition coefficient (Wildman–Crippen LogP) is 4.77. The Morgan fingerprint density at radius 1 is 0.926 bits per heavy atom. The Morgan fingerprint density at radius 2 is 1.56 bits per heavy atom. The van der Waals surface area contributed by atoms with Crippen LogP contribution in [0.25, 0.3) is 0 Å². The van der Waals surface area contributed by atoms with Crippen LogP contribution in [0.3, 0.4) is 0 Å². The van der Waals surface area contributed by atoms with E-state index in [1.54, 1.807) is 18.1 Å². The number of hydrogen-bond acceptors (Lipinski definition) is 3. The molecular formula is C23H25N3O. The van der Waals surface area contributed by atoms with Crippen LogP contribution >= 0.6 is 0 Å². The highest BCUT2D eigenvalue weighted by atomic mass is 16.2. The van der Waals surface area contributed by atoms with Crippen molar-refractivity contribution >= 4 is 17.3 Å². The summed E-state index contributed by atoms with van der Waals surface area (Å²) in [6, 6.07) is 22.2. The van der Waals surface area contributed by atoms with Crippen molar-refractivity contribution in [2.75, 3.05) is 16.8 Å². The second kappa shape index (κ2) is 8.49. The number of nitrogens with zero attached hydrogens (tertiary/aromatic N) is 3. The number of anilines is 2. The summed E-state index contributed by atoms with van der Waals surface area (Å²) in [5.41, 5.74) is 3.61. The summed E-state index contributed by atoms with van der Waals surface area (Å²) in [6.45, 7) is 5.06. The lowest BCUT2D eigenvalue weighted by atomic mass is 10.1. The highest BCUT2D eigenvalue weighted by Crippen LogP contribution is 2.22. The van der Waals surface area contributed by atoms with Gasteiger partial charge in [0, 0.05) is 31.5 Å². The van der Waals surface area contributed by atoms with Gasteiger partial charge in [-0.2, -0.15) is 0 Å². The summed E-state index contributed by atoms with van der Waals surface area (Å²) in [5.74, 6) is -0.0704. The Kier molecular flexibility index (Phi) is 5.87. The molecule has 0 radical (unpaired) electrons. The minimum Gasteiger partial charge on any atom is -0.364 e. The average Bonchev–Trinajstić information content (AvgIpc) is 2.72. The zero-order valence-electron chi connectivity index (χ0n) is 16.0. The molecule has 3 rings (SSSR count). The fourth-order valence-electron chi connectivity index (χ4n) is 3.02. The molecule has 138 valence electrons. The number of carbonyl (C=O) groups is 1. The number of hydrogen-bond donors (Lipinski definition) is 0. The standard InChI is InChI=1S/C23H25N3O/c1-18(2)26(17-19-10-6-4-7-11-19)22-14-20(15-24-16-22)23(27)25(3)21-12-8-5-9-13-21/h4-16,18H,17H2,1-3H3. The molecule has 1 aromatic heterocycles. The highest BCUT2D eigenvalue weighted by molar-refractivity contribution is 6.06. The quantitative estimate of drug-likeness (QED) is 0.636. The molecule has 0 fully saturated rings. The molecule has 0 spiro atoms. The molecule has 4 heteroatoms. The first-order chi connectivity index (χ1) is 13.1. The highest BCUT2D eigenvalue weighted by Gasteiger charge is 2.17. The first-order valence-corrected chi connectivity index (χ1v) is 9.15. The number of pyridine rings is 1. The molecule has 0 bridgehead atoms. The van der Waals surface area contributed by atoms with Crippen molar-refractivity contribution in [2.24, 2.45) is 0 Å². The van der Waals surface area contributed by atoms with Crippen LogP contribution in [0, 0.1) is 0 Å². The van der Waals surface area contributed by atoms with Gasteiger partial charge < -0.3 is 9.80 Å². The van der Waals surface area contributed by atoms with Crippen molar-refractivity contribution in [1.82, 2.24) is 4.98 Å². The van der Waals surface area contributed by atoms with Crippen molar-refractivity contribution in [3.05, 3.63) is 90.3 Å². The van der Waals surface area contributed by atoms with Crippen LogP contribution in [0.4, 0.5) is 11.4 Å². The van der Waals surface area contributed by atoms with Gasteiger partial charge in [-0.3, -0.25) is 9.78 Å². The van der Waals surface area contributed by atoms with E-state index in [4.69, 9.17) is 0 Å². The van der Waals surface area contributed by atoms with E-state index in [-0.39, 0.29) is 11.9 Å². The molecule has 4 nitrogen and oxygen atoms in total. The molecular weight excluding hydrogens is 334 g/mol. The van der Waals surface area contributed by atoms with Gasteiger partial charge in [-0.25, -0.2) is 0 Å². The second-order valence-electron chi connectivity index (χ2n) is 6.84. The van der Waals surface area contributed by atoms with E-state index in [0.29, 0.717) is 5.56 Å². The van der Waals surface area contributed by atoms with Crippen LogP contribution in [-0.4, -0.2) is 24.0 Å². The molecule has 0 aliphatic carbocycles. The van der Waals surface area contributed by atoms with Gasteiger partial charge in [0.15, 0.2) is 0 Å². The second-order valence-corrected chi connectivity index (χ2v) is 6.84. The van der Waals surface area contributed by atoms with Gasteiger partial charge in [0.2, 0.25) is 0 Å². The van der Waals surface area contributed by atoms with Gasteiger partial charge in [0.05, 0.1) is 17.4 Å². The third kappa shape index (κ3) is 4.53. The summed E-state index contributed by atoms with van der Waals surface area (Å²) in [5, 5.41) is 0. The van der Waals surface area contributed by atoms with E-state index < -0.39 is 0 Å². The molecule has 0 N–H and O–H groups in total. The lowest BCUT2D eigenvalue weighted by Crippen LogP contribution is -2.31. The van der Waals surface area contributed by atoms with Crippen LogP contribution in [0.1, 0.15) is 29.8 Å². The maximum atomic E-state index is 12.9. The minimum atomic E-state index is -0.0704. The topological polar surface area (TPSA) is 36.4 Å². The number of para-hydroxylation sites is 1. The van der Waals surface area contributed by atoms with Crippen molar-refractivity contribution in [2.45, 2.75) is 26.4 Å². The Bertz CT molecular complexity index is 878. The van der Waals surface area contributed by atoms with Gasteiger partial charge in [0.1, 0.15) is 0 Å². The Morgan fingerprint density at radius 3 is 2.19 bits per heavy atom. The summed E-state index contributed by atoms with van der Waals surface area (Å²) >= 11 is 0. The largest absolute Gasteiger partial charge is 0.364 e. The number of amides is 1. The van der Waals surface area contributed by atoms with Gasteiger partial charge in [-0.05, 0) is 37.6 Å². The zero-order valence-corrected chi connectivity index (χ0v) is 16.0. The van der Waals surface area contributed by atoms with Gasteiger partial charge in [0.25, 0.3) is 5.91 Å². The number of rotatable bonds is 6. The molecule has 1 heterocycles. The van der Waals surface area contributed by atoms with Gasteiger partial charge >= 0.3 is 0 Å². The van der Waals surface area contributed by atoms with Gasteiger partial charge in [-0.15, -0.1) is 0 Å². The van der Waals surface area contributed by atoms with Crippen LogP contribution in [0.2, 0.25) is 0 Å². The molecule has 27 heavy (non-hydrogen) atoms. The minimum absolute atomic E-state index is 0.0704. The molecule has 0 aliphatic rings. The molecule has 0 unspecified atom stereocenters. The normalized spacial score (nSPS) is 10.7. The van der Waals surface area contributed by atoms with E-state index in [9.17, 15) is 4.79 Å². The summed E-state index contributed by atoms with van der Waals surface area (Å²) in [6.07, 6.45) is 3.45. The lowest BCUT2D eigenvalue weighted by molar-refractivity contribution is 0.0992. The first kappa shape index (κ1) is 18.6. The fourth-order valence-corrected chi connectivity index (χ4v) is 3.02. The Labute approximate surface area is 161 Å². The number of carbonyl (C=O) groups excluding carboxylic acids is 1. The van der Waals surface area contributed by atoms with Crippen molar-refractivity contribution < 1.29 is 4.79 Å². The van der Waals surface area contributed by atoms with Crippen LogP contribution in [0.5, 0.6) is 0 Å². The SMILES string of the molecule is CC(C)N(Cc1ccccc1)c1cncc(C(=O)N(C)c2ccccc2)c1. The molecule has 3 aromatic rings. The van der Waals surface area contributed by atoms with Crippen LogP contribution in [-0.2, 0) is 6.54 Å². The third-order valence-corrected chi connectivity index (χ3v) is 4.57. The smallest absolute Gasteiger partial charge is 0.259 e. The van der Waals surface area contributed by atoms with Crippen LogP contribution < -0.4 is 9.80 Å². The number of aromatic nitrogens is 1. The van der Waals surface area contributed by atoms with Gasteiger partial charge in [-0.1, -0.05) is 48.5 Å². The predicted molar refractivity (Wildman–Crippen MR) is 111 cm³/mol. The van der Waals surface area contributed by atoms with E-state index in [2.05, 4.69) is 35.9 Å². The molecule has 0 atom stereocenters. The molecule has 0 aliphatic heterocycles. The monoisotopic (exact) mass is 359 g/mol. The lowest BCUT2D eigenvalue weighted by Gasteiger charge is -2.29. The Balaban J connectivity index is 1.85. The van der Waals surface area contributed by atoms with Crippen molar-refractivity contribution in [1.29, 1.82) is 0 Å². The average molecular weight is 359 g/mol. The molecule has 1 amide bonds. The molecule has 2 aromatic carbocycles. The van der Waals surface area contributed by atoms with E-state index in [1.807, 2.05) is 60.8 Å². The summed E-state index contributed by atoms with van der Waals surface area (Å²) < 4.78 is 0.